The second kappa shape index (κ2) is 9.03. The summed E-state index contributed by atoms with van der Waals surface area (Å²) in [5, 5.41) is 3.82. The van der Waals surface area contributed by atoms with Gasteiger partial charge in [-0.05, 0) is 49.0 Å². The van der Waals surface area contributed by atoms with E-state index in [1.54, 1.807) is 50.5 Å². The van der Waals surface area contributed by atoms with Crippen LogP contribution in [0.3, 0.4) is 0 Å². The molecule has 0 radical (unpaired) electrons. The lowest BCUT2D eigenvalue weighted by Crippen LogP contribution is -2.29. The lowest BCUT2D eigenvalue weighted by Gasteiger charge is -2.17. The first-order chi connectivity index (χ1) is 12.3. The Morgan fingerprint density at radius 2 is 1.62 bits per heavy atom. The minimum atomic E-state index is -0.140. The van der Waals surface area contributed by atoms with E-state index in [4.69, 9.17) is 23.2 Å². The van der Waals surface area contributed by atoms with Crippen LogP contribution >= 0.6 is 23.2 Å². The monoisotopic (exact) mass is 393 g/mol. The van der Waals surface area contributed by atoms with Gasteiger partial charge >= 0.3 is 0 Å². The highest BCUT2D eigenvalue weighted by Gasteiger charge is 2.10. The normalized spacial score (nSPS) is 10.7. The molecule has 138 valence electrons. The summed E-state index contributed by atoms with van der Waals surface area (Å²) in [6.45, 7) is 0.791. The molecule has 0 bridgehead atoms. The second-order valence-corrected chi connectivity index (χ2v) is 7.06. The minimum absolute atomic E-state index is 0.0794. The number of halogens is 2. The summed E-state index contributed by atoms with van der Waals surface area (Å²) >= 11 is 11.9. The molecule has 0 atom stereocenters. The van der Waals surface area contributed by atoms with Gasteiger partial charge in [0.05, 0.1) is 16.6 Å². The summed E-state index contributed by atoms with van der Waals surface area (Å²) in [4.78, 5) is 27.4. The lowest BCUT2D eigenvalue weighted by molar-refractivity contribution is -0.117. The molecule has 0 saturated carbocycles. The highest BCUT2D eigenvalue weighted by atomic mass is 35.5. The smallest absolute Gasteiger partial charge is 0.253 e. The molecule has 0 fully saturated rings. The predicted octanol–water partition coefficient (Wildman–Crippen LogP) is 3.77. The summed E-state index contributed by atoms with van der Waals surface area (Å²) < 4.78 is 0. The van der Waals surface area contributed by atoms with Crippen LogP contribution in [0.5, 0.6) is 0 Å². The number of anilines is 1. The molecule has 0 spiro atoms. The summed E-state index contributed by atoms with van der Waals surface area (Å²) in [5.74, 6) is -0.219. The predicted molar refractivity (Wildman–Crippen MR) is 106 cm³/mol. The van der Waals surface area contributed by atoms with Crippen molar-refractivity contribution in [3.63, 3.8) is 0 Å². The van der Waals surface area contributed by atoms with Gasteiger partial charge in [0.25, 0.3) is 5.91 Å². The van der Waals surface area contributed by atoms with E-state index in [1.807, 2.05) is 18.0 Å². The molecule has 2 aromatic carbocycles. The van der Waals surface area contributed by atoms with Crippen LogP contribution in [0.2, 0.25) is 10.0 Å². The summed E-state index contributed by atoms with van der Waals surface area (Å²) in [7, 11) is 5.24. The van der Waals surface area contributed by atoms with Crippen LogP contribution in [-0.2, 0) is 11.3 Å². The van der Waals surface area contributed by atoms with Gasteiger partial charge in [-0.1, -0.05) is 29.3 Å². The van der Waals surface area contributed by atoms with Crippen LogP contribution in [0.4, 0.5) is 5.69 Å². The Bertz CT molecular complexity index is 792. The van der Waals surface area contributed by atoms with Gasteiger partial charge in [-0.3, -0.25) is 14.5 Å². The molecule has 0 aliphatic rings. The molecule has 2 amide bonds. The third-order valence-electron chi connectivity index (χ3n) is 3.67. The Morgan fingerprint density at radius 1 is 0.962 bits per heavy atom. The zero-order chi connectivity index (χ0) is 19.3. The molecule has 0 unspecified atom stereocenters. The van der Waals surface area contributed by atoms with E-state index in [0.29, 0.717) is 27.8 Å². The third-order valence-corrected chi connectivity index (χ3v) is 4.41. The van der Waals surface area contributed by atoms with Crippen molar-refractivity contribution in [3.05, 3.63) is 63.6 Å². The van der Waals surface area contributed by atoms with E-state index in [-0.39, 0.29) is 18.4 Å². The number of carbonyl (C=O) groups is 2. The van der Waals surface area contributed by atoms with E-state index < -0.39 is 0 Å². The lowest BCUT2D eigenvalue weighted by atomic mass is 10.2. The van der Waals surface area contributed by atoms with Crippen molar-refractivity contribution < 1.29 is 9.59 Å². The first-order valence-corrected chi connectivity index (χ1v) is 8.76. The third kappa shape index (κ3) is 5.73. The maximum absolute atomic E-state index is 12.2. The van der Waals surface area contributed by atoms with Gasteiger partial charge in [0.15, 0.2) is 0 Å². The Balaban J connectivity index is 1.89. The van der Waals surface area contributed by atoms with Gasteiger partial charge in [-0.25, -0.2) is 0 Å². The Kier molecular flexibility index (Phi) is 7.03. The van der Waals surface area contributed by atoms with Crippen molar-refractivity contribution in [2.45, 2.75) is 6.54 Å². The SMILES string of the molecule is CN(CC(=O)Nc1ccc(C(=O)N(C)C)cc1)Cc1ccc(Cl)c(Cl)c1. The highest BCUT2D eigenvalue weighted by Crippen LogP contribution is 2.23. The first kappa shape index (κ1) is 20.2. The van der Waals surface area contributed by atoms with E-state index in [2.05, 4.69) is 5.32 Å². The molecule has 0 heterocycles. The van der Waals surface area contributed by atoms with Crippen LogP contribution < -0.4 is 5.32 Å². The van der Waals surface area contributed by atoms with Gasteiger partial charge < -0.3 is 10.2 Å². The number of carbonyl (C=O) groups excluding carboxylic acids is 2. The van der Waals surface area contributed by atoms with Gasteiger partial charge in [0.2, 0.25) is 5.91 Å². The van der Waals surface area contributed by atoms with Crippen LogP contribution in [0.1, 0.15) is 15.9 Å². The molecular weight excluding hydrogens is 373 g/mol. The number of hydrogen-bond acceptors (Lipinski definition) is 3. The van der Waals surface area contributed by atoms with Gasteiger partial charge in [-0.2, -0.15) is 0 Å². The largest absolute Gasteiger partial charge is 0.345 e. The molecule has 26 heavy (non-hydrogen) atoms. The quantitative estimate of drug-likeness (QED) is 0.812. The van der Waals surface area contributed by atoms with Gasteiger partial charge in [0, 0.05) is 31.9 Å². The van der Waals surface area contributed by atoms with Gasteiger partial charge in [0.1, 0.15) is 0 Å². The Morgan fingerprint density at radius 3 is 2.19 bits per heavy atom. The zero-order valence-corrected chi connectivity index (χ0v) is 16.4. The average Bonchev–Trinajstić information content (AvgIpc) is 2.58. The molecule has 2 rings (SSSR count). The molecule has 5 nitrogen and oxygen atoms in total. The molecule has 1 N–H and O–H groups in total. The second-order valence-electron chi connectivity index (χ2n) is 6.25. The number of benzene rings is 2. The maximum Gasteiger partial charge on any atom is 0.253 e. The number of hydrogen-bond donors (Lipinski definition) is 1. The standard InChI is InChI=1S/C19H21Cl2N3O2/c1-23(2)19(26)14-5-7-15(8-6-14)22-18(25)12-24(3)11-13-4-9-16(20)17(21)10-13/h4-10H,11-12H2,1-3H3,(H,22,25). The van der Waals surface area contributed by atoms with Crippen molar-refractivity contribution in [2.24, 2.45) is 0 Å². The van der Waals surface area contributed by atoms with Crippen molar-refractivity contribution >= 4 is 40.7 Å². The van der Waals surface area contributed by atoms with Crippen molar-refractivity contribution in [3.8, 4) is 0 Å². The van der Waals surface area contributed by atoms with E-state index in [0.717, 1.165) is 5.56 Å². The van der Waals surface area contributed by atoms with E-state index >= 15 is 0 Å². The fourth-order valence-corrected chi connectivity index (χ4v) is 2.73. The minimum Gasteiger partial charge on any atom is -0.345 e. The summed E-state index contributed by atoms with van der Waals surface area (Å²) in [6.07, 6.45) is 0. The number of amides is 2. The average molecular weight is 394 g/mol. The van der Waals surface area contributed by atoms with Crippen LogP contribution in [0, 0.1) is 0 Å². The van der Waals surface area contributed by atoms with E-state index in [1.165, 1.54) is 4.90 Å². The number of rotatable bonds is 6. The van der Waals surface area contributed by atoms with Crippen LogP contribution in [0.25, 0.3) is 0 Å². The maximum atomic E-state index is 12.2. The van der Waals surface area contributed by atoms with Gasteiger partial charge in [-0.15, -0.1) is 0 Å². The molecule has 2 aromatic rings. The van der Waals surface area contributed by atoms with Crippen LogP contribution in [0.15, 0.2) is 42.5 Å². The first-order valence-electron chi connectivity index (χ1n) is 8.00. The topological polar surface area (TPSA) is 52.7 Å². The summed E-state index contributed by atoms with van der Waals surface area (Å²) in [5.41, 5.74) is 2.19. The zero-order valence-electron chi connectivity index (χ0n) is 14.9. The van der Waals surface area contributed by atoms with Crippen molar-refractivity contribution in [2.75, 3.05) is 33.0 Å². The fraction of sp³-hybridized carbons (Fsp3) is 0.263. The Hall–Kier alpha value is -2.08. The molecular formula is C19H21Cl2N3O2. The fourth-order valence-electron chi connectivity index (χ4n) is 2.41. The van der Waals surface area contributed by atoms with E-state index in [9.17, 15) is 9.59 Å². The molecule has 0 saturated heterocycles. The number of nitrogens with zero attached hydrogens (tertiary/aromatic N) is 2. The number of nitrogens with one attached hydrogen (secondary N) is 1. The highest BCUT2D eigenvalue weighted by molar-refractivity contribution is 6.42. The molecule has 0 aliphatic heterocycles. The van der Waals surface area contributed by atoms with Crippen molar-refractivity contribution in [1.82, 2.24) is 9.80 Å². The Labute approximate surface area is 163 Å². The van der Waals surface area contributed by atoms with Crippen LogP contribution in [-0.4, -0.2) is 49.3 Å². The molecule has 7 heteroatoms. The molecule has 0 aliphatic carbocycles. The summed E-state index contributed by atoms with van der Waals surface area (Å²) in [6, 6.07) is 12.2. The molecule has 0 aromatic heterocycles. The van der Waals surface area contributed by atoms with Crippen molar-refractivity contribution in [1.29, 1.82) is 0 Å². The number of likely N-dealkylation sites (N-methyl/N-ethyl adjacent to an activating group) is 1.